The van der Waals surface area contributed by atoms with Crippen molar-refractivity contribution in [3.05, 3.63) is 78.0 Å². The van der Waals surface area contributed by atoms with Crippen LogP contribution in [0.3, 0.4) is 0 Å². The second kappa shape index (κ2) is 9.89. The number of benzene rings is 2. The van der Waals surface area contributed by atoms with Crippen LogP contribution >= 0.6 is 11.3 Å². The van der Waals surface area contributed by atoms with Crippen LogP contribution in [0.15, 0.2) is 66.7 Å². The fourth-order valence-electron chi connectivity index (χ4n) is 5.29. The molecule has 2 atom stereocenters. The Labute approximate surface area is 236 Å². The lowest BCUT2D eigenvalue weighted by Crippen LogP contribution is -2.43. The number of carboxylic acid groups (broad SMARTS) is 1. The van der Waals surface area contributed by atoms with E-state index in [4.69, 9.17) is 19.4 Å². The van der Waals surface area contributed by atoms with Crippen molar-refractivity contribution < 1.29 is 24.2 Å². The number of aromatic nitrogens is 2. The van der Waals surface area contributed by atoms with Crippen molar-refractivity contribution in [2.24, 2.45) is 0 Å². The number of hydrogen-bond acceptors (Lipinski definition) is 7. The van der Waals surface area contributed by atoms with Gasteiger partial charge >= 0.3 is 12.1 Å². The van der Waals surface area contributed by atoms with E-state index < -0.39 is 29.8 Å². The molecule has 0 radical (unpaired) electrons. The highest BCUT2D eigenvalue weighted by molar-refractivity contribution is 7.21. The SMILES string of the molecule is CC(C)(C)OC(=O)N1C[C@H](Oc2ccc(-c3nc4ccc(C5(c6ccccc6)CC5)nc4s3)cc2)C[C@H]1C(=O)O. The molecule has 1 saturated heterocycles. The fraction of sp³-hybridized carbons (Fsp3) is 0.355. The first-order chi connectivity index (χ1) is 19.1. The first-order valence-corrected chi connectivity index (χ1v) is 14.3. The fourth-order valence-corrected chi connectivity index (χ4v) is 6.23. The molecule has 1 aliphatic carbocycles. The number of ether oxygens (including phenoxy) is 2. The van der Waals surface area contributed by atoms with Crippen molar-refractivity contribution in [2.75, 3.05) is 6.54 Å². The molecule has 4 aromatic rings. The lowest BCUT2D eigenvalue weighted by atomic mass is 9.92. The van der Waals surface area contributed by atoms with E-state index in [0.717, 1.165) is 39.5 Å². The quantitative estimate of drug-likeness (QED) is 0.298. The zero-order chi connectivity index (χ0) is 28.1. The second-order valence-corrected chi connectivity index (χ2v) is 12.5. The van der Waals surface area contributed by atoms with Gasteiger partial charge in [-0.05, 0) is 75.6 Å². The molecular weight excluding hydrogens is 526 g/mol. The Kier molecular flexibility index (Phi) is 6.49. The highest BCUT2D eigenvalue weighted by Crippen LogP contribution is 2.53. The molecule has 1 amide bonds. The summed E-state index contributed by atoms with van der Waals surface area (Å²) in [5.41, 5.74) is 3.54. The lowest BCUT2D eigenvalue weighted by Gasteiger charge is -2.26. The van der Waals surface area contributed by atoms with Gasteiger partial charge in [-0.25, -0.2) is 19.6 Å². The molecule has 1 aliphatic heterocycles. The summed E-state index contributed by atoms with van der Waals surface area (Å²) < 4.78 is 11.5. The number of aliphatic carboxylic acids is 1. The van der Waals surface area contributed by atoms with Crippen molar-refractivity contribution >= 4 is 33.7 Å². The molecular formula is C31H31N3O5S. The third-order valence-electron chi connectivity index (χ3n) is 7.40. The van der Waals surface area contributed by atoms with Crippen molar-refractivity contribution in [3.8, 4) is 16.3 Å². The van der Waals surface area contributed by atoms with Crippen molar-refractivity contribution in [1.29, 1.82) is 0 Å². The number of thiazole rings is 1. The first-order valence-electron chi connectivity index (χ1n) is 13.4. The summed E-state index contributed by atoms with van der Waals surface area (Å²) in [5.74, 6) is -0.472. The first kappa shape index (κ1) is 26.3. The molecule has 0 unspecified atom stereocenters. The zero-order valence-electron chi connectivity index (χ0n) is 22.7. The van der Waals surface area contributed by atoms with Gasteiger partial charge in [0.25, 0.3) is 0 Å². The van der Waals surface area contributed by atoms with E-state index in [1.165, 1.54) is 10.5 Å². The van der Waals surface area contributed by atoms with Gasteiger partial charge in [-0.2, -0.15) is 0 Å². The van der Waals surface area contributed by atoms with Gasteiger partial charge in [0.15, 0.2) is 0 Å². The minimum absolute atomic E-state index is 0.0114. The van der Waals surface area contributed by atoms with Crippen LogP contribution in [0.4, 0.5) is 4.79 Å². The van der Waals surface area contributed by atoms with Crippen LogP contribution in [0.5, 0.6) is 5.75 Å². The van der Waals surface area contributed by atoms with E-state index in [0.29, 0.717) is 5.75 Å². The number of carbonyl (C=O) groups excluding carboxylic acids is 1. The van der Waals surface area contributed by atoms with Gasteiger partial charge < -0.3 is 14.6 Å². The highest BCUT2D eigenvalue weighted by atomic mass is 32.1. The second-order valence-electron chi connectivity index (χ2n) is 11.5. The van der Waals surface area contributed by atoms with Crippen molar-refractivity contribution in [1.82, 2.24) is 14.9 Å². The third kappa shape index (κ3) is 5.13. The van der Waals surface area contributed by atoms with E-state index in [-0.39, 0.29) is 18.4 Å². The maximum Gasteiger partial charge on any atom is 0.411 e. The Morgan fingerprint density at radius 1 is 1.00 bits per heavy atom. The van der Waals surface area contributed by atoms with E-state index in [1.54, 1.807) is 32.1 Å². The minimum atomic E-state index is -1.07. The molecule has 0 bridgehead atoms. The molecule has 2 aliphatic rings. The summed E-state index contributed by atoms with van der Waals surface area (Å²) in [4.78, 5) is 36.4. The number of nitrogens with zero attached hydrogens (tertiary/aromatic N) is 3. The Morgan fingerprint density at radius 2 is 1.73 bits per heavy atom. The van der Waals surface area contributed by atoms with Gasteiger partial charge in [-0.15, -0.1) is 0 Å². The molecule has 1 saturated carbocycles. The van der Waals surface area contributed by atoms with Gasteiger partial charge in [0, 0.05) is 17.4 Å². The molecule has 206 valence electrons. The summed E-state index contributed by atoms with van der Waals surface area (Å²) in [5, 5.41) is 10.5. The predicted molar refractivity (Wildman–Crippen MR) is 153 cm³/mol. The number of hydrogen-bond donors (Lipinski definition) is 1. The lowest BCUT2D eigenvalue weighted by molar-refractivity contribution is -0.142. The Hall–Kier alpha value is -3.98. The molecule has 1 N–H and O–H groups in total. The van der Waals surface area contributed by atoms with Gasteiger partial charge in [0.2, 0.25) is 0 Å². The molecule has 0 spiro atoms. The van der Waals surface area contributed by atoms with E-state index in [1.807, 2.05) is 30.3 Å². The van der Waals surface area contributed by atoms with Crippen molar-refractivity contribution in [2.45, 2.75) is 63.2 Å². The number of likely N-dealkylation sites (tertiary alicyclic amines) is 1. The Balaban J connectivity index is 1.16. The van der Waals surface area contributed by atoms with E-state index >= 15 is 0 Å². The summed E-state index contributed by atoms with van der Waals surface area (Å²) in [7, 11) is 0. The number of rotatable bonds is 6. The van der Waals surface area contributed by atoms with Gasteiger partial charge in [0.05, 0.1) is 12.2 Å². The van der Waals surface area contributed by atoms with E-state index in [2.05, 4.69) is 36.4 Å². The number of carboxylic acids is 1. The van der Waals surface area contributed by atoms with Crippen molar-refractivity contribution in [3.63, 3.8) is 0 Å². The largest absolute Gasteiger partial charge is 0.488 e. The standard InChI is InChI=1S/C31H31N3O5S/c1-30(2,3)39-29(37)34-18-22(17-24(34)28(35)36)38-21-11-9-19(10-12-21)26-32-23-13-14-25(33-27(23)40-26)31(15-16-31)20-7-5-4-6-8-20/h4-14,22,24H,15-18H2,1-3H3,(H,35,36)/t22-,24+/m1/s1. The molecule has 2 aromatic heterocycles. The highest BCUT2D eigenvalue weighted by Gasteiger charge is 2.47. The topological polar surface area (TPSA) is 102 Å². The molecule has 6 rings (SSSR count). The molecule has 8 nitrogen and oxygen atoms in total. The van der Waals surface area contributed by atoms with Crippen LogP contribution in [0, 0.1) is 0 Å². The monoisotopic (exact) mass is 557 g/mol. The molecule has 3 heterocycles. The number of amides is 1. The van der Waals surface area contributed by atoms with Gasteiger partial charge in [0.1, 0.15) is 38.9 Å². The Morgan fingerprint density at radius 3 is 2.38 bits per heavy atom. The predicted octanol–water partition coefficient (Wildman–Crippen LogP) is 6.28. The minimum Gasteiger partial charge on any atom is -0.488 e. The van der Waals surface area contributed by atoms with Crippen LogP contribution in [-0.2, 0) is 14.9 Å². The average Bonchev–Trinajstić information content (AvgIpc) is 3.44. The molecule has 2 fully saturated rings. The van der Waals surface area contributed by atoms with Crippen LogP contribution in [0.2, 0.25) is 0 Å². The zero-order valence-corrected chi connectivity index (χ0v) is 23.5. The average molecular weight is 558 g/mol. The van der Waals surface area contributed by atoms with Crippen LogP contribution in [0.25, 0.3) is 20.9 Å². The Bertz CT molecular complexity index is 1560. The van der Waals surface area contributed by atoms with E-state index in [9.17, 15) is 14.7 Å². The number of fused-ring (bicyclic) bond motifs is 1. The van der Waals surface area contributed by atoms with Gasteiger partial charge in [-0.3, -0.25) is 4.90 Å². The third-order valence-corrected chi connectivity index (χ3v) is 8.42. The smallest absolute Gasteiger partial charge is 0.411 e. The summed E-state index contributed by atoms with van der Waals surface area (Å²) >= 11 is 1.57. The van der Waals surface area contributed by atoms with Crippen LogP contribution in [-0.4, -0.2) is 56.3 Å². The van der Waals surface area contributed by atoms with Gasteiger partial charge in [-0.1, -0.05) is 41.7 Å². The van der Waals surface area contributed by atoms with Crippen LogP contribution in [0.1, 0.15) is 51.3 Å². The van der Waals surface area contributed by atoms with Crippen LogP contribution < -0.4 is 4.74 Å². The molecule has 2 aromatic carbocycles. The summed E-state index contributed by atoms with van der Waals surface area (Å²) in [6.07, 6.45) is 1.29. The normalized spacial score (nSPS) is 19.9. The summed E-state index contributed by atoms with van der Waals surface area (Å²) in [6.45, 7) is 5.40. The number of carbonyl (C=O) groups is 2. The summed E-state index contributed by atoms with van der Waals surface area (Å²) in [6, 6.07) is 21.3. The maximum absolute atomic E-state index is 12.6. The molecule has 9 heteroatoms. The maximum atomic E-state index is 12.6. The molecule has 40 heavy (non-hydrogen) atoms. The number of pyridine rings is 1.